The molecule has 1 aromatic heterocycles. The number of nitrogens with zero attached hydrogens (tertiary/aromatic N) is 2. The second-order valence-electron chi connectivity index (χ2n) is 4.03. The summed E-state index contributed by atoms with van der Waals surface area (Å²) < 4.78 is 7.21. The molecule has 0 saturated carbocycles. The van der Waals surface area contributed by atoms with Gasteiger partial charge in [0.05, 0.1) is 12.8 Å². The lowest BCUT2D eigenvalue weighted by atomic mass is 10.2. The van der Waals surface area contributed by atoms with Crippen molar-refractivity contribution < 1.29 is 4.74 Å². The molecule has 0 atom stereocenters. The number of hydrogen-bond donors (Lipinski definition) is 0. The van der Waals surface area contributed by atoms with Crippen LogP contribution in [-0.4, -0.2) is 16.9 Å². The van der Waals surface area contributed by atoms with Gasteiger partial charge in [-0.1, -0.05) is 25.5 Å². The molecule has 0 unspecified atom stereocenters. The average molecular weight is 230 g/mol. The normalized spacial score (nSPS) is 10.5. The molecule has 2 aromatic rings. The van der Waals surface area contributed by atoms with E-state index in [1.165, 1.54) is 12.8 Å². The molecule has 90 valence electrons. The Hall–Kier alpha value is -1.77. The van der Waals surface area contributed by atoms with E-state index in [1.54, 1.807) is 7.11 Å². The van der Waals surface area contributed by atoms with Gasteiger partial charge >= 0.3 is 0 Å². The van der Waals surface area contributed by atoms with Crippen LogP contribution in [0.1, 0.15) is 25.5 Å². The summed E-state index contributed by atoms with van der Waals surface area (Å²) >= 11 is 0. The summed E-state index contributed by atoms with van der Waals surface area (Å²) in [6.45, 7) is 2.19. The summed E-state index contributed by atoms with van der Waals surface area (Å²) in [5.41, 5.74) is 2.12. The summed E-state index contributed by atoms with van der Waals surface area (Å²) in [6, 6.07) is 9.98. The summed E-state index contributed by atoms with van der Waals surface area (Å²) in [7, 11) is 1.68. The van der Waals surface area contributed by atoms with E-state index in [2.05, 4.69) is 18.1 Å². The van der Waals surface area contributed by atoms with Crippen molar-refractivity contribution in [3.8, 4) is 11.4 Å². The number of aromatic nitrogens is 2. The van der Waals surface area contributed by atoms with E-state index in [0.29, 0.717) is 0 Å². The molecule has 0 amide bonds. The zero-order valence-electron chi connectivity index (χ0n) is 10.4. The van der Waals surface area contributed by atoms with Gasteiger partial charge in [-0.3, -0.25) is 0 Å². The van der Waals surface area contributed by atoms with Gasteiger partial charge in [0.1, 0.15) is 11.4 Å². The average Bonchev–Trinajstić information content (AvgIpc) is 2.85. The van der Waals surface area contributed by atoms with Crippen LogP contribution in [0.2, 0.25) is 0 Å². The lowest BCUT2D eigenvalue weighted by Gasteiger charge is -2.07. The van der Waals surface area contributed by atoms with Gasteiger partial charge in [0.15, 0.2) is 0 Å². The molecular formula is C14H18N2O. The van der Waals surface area contributed by atoms with Gasteiger partial charge in [-0.2, -0.15) is 5.10 Å². The molecule has 0 aliphatic heterocycles. The molecule has 1 heterocycles. The first kappa shape index (κ1) is 11.7. The molecule has 0 radical (unpaired) electrons. The maximum absolute atomic E-state index is 5.33. The van der Waals surface area contributed by atoms with E-state index in [1.807, 2.05) is 35.1 Å². The third-order valence-electron chi connectivity index (χ3n) is 2.76. The van der Waals surface area contributed by atoms with Gasteiger partial charge in [-0.15, -0.1) is 0 Å². The Labute approximate surface area is 102 Å². The van der Waals surface area contributed by atoms with Gasteiger partial charge in [-0.25, -0.2) is 4.68 Å². The molecule has 0 saturated heterocycles. The standard InChI is InChI=1S/C14H18N2O/c1-3-4-7-12-10-11-16(15-12)13-8-5-6-9-14(13)17-2/h5-6,8-11H,3-4,7H2,1-2H3. The second kappa shape index (κ2) is 5.53. The quantitative estimate of drug-likeness (QED) is 0.788. The molecule has 0 bridgehead atoms. The van der Waals surface area contributed by atoms with Gasteiger partial charge in [0.25, 0.3) is 0 Å². The fourth-order valence-corrected chi connectivity index (χ4v) is 1.81. The lowest BCUT2D eigenvalue weighted by molar-refractivity contribution is 0.411. The highest BCUT2D eigenvalue weighted by Gasteiger charge is 2.05. The number of benzene rings is 1. The number of methoxy groups -OCH3 is 1. The topological polar surface area (TPSA) is 27.1 Å². The minimum absolute atomic E-state index is 0.845. The molecule has 3 nitrogen and oxygen atoms in total. The van der Waals surface area contributed by atoms with Crippen LogP contribution in [0.25, 0.3) is 5.69 Å². The molecule has 17 heavy (non-hydrogen) atoms. The molecule has 0 spiro atoms. The van der Waals surface area contributed by atoms with Gasteiger partial charge in [0.2, 0.25) is 0 Å². The Morgan fingerprint density at radius 2 is 2.06 bits per heavy atom. The van der Waals surface area contributed by atoms with E-state index < -0.39 is 0 Å². The van der Waals surface area contributed by atoms with Gasteiger partial charge in [0, 0.05) is 6.20 Å². The summed E-state index contributed by atoms with van der Waals surface area (Å²) in [5.74, 6) is 0.845. The Kier molecular flexibility index (Phi) is 3.81. The summed E-state index contributed by atoms with van der Waals surface area (Å²) in [5, 5.41) is 4.56. The minimum atomic E-state index is 0.845. The highest BCUT2D eigenvalue weighted by molar-refractivity contribution is 5.45. The van der Waals surface area contributed by atoms with Crippen LogP contribution in [-0.2, 0) is 6.42 Å². The Morgan fingerprint density at radius 3 is 2.82 bits per heavy atom. The van der Waals surface area contributed by atoms with Crippen molar-refractivity contribution in [1.82, 2.24) is 9.78 Å². The first-order valence-electron chi connectivity index (χ1n) is 6.03. The predicted molar refractivity (Wildman–Crippen MR) is 68.7 cm³/mol. The number of hydrogen-bond acceptors (Lipinski definition) is 2. The molecule has 0 aliphatic carbocycles. The highest BCUT2D eigenvalue weighted by Crippen LogP contribution is 2.21. The molecule has 2 rings (SSSR count). The zero-order chi connectivity index (χ0) is 12.1. The van der Waals surface area contributed by atoms with E-state index >= 15 is 0 Å². The van der Waals surface area contributed by atoms with E-state index in [4.69, 9.17) is 4.74 Å². The third-order valence-corrected chi connectivity index (χ3v) is 2.76. The fourth-order valence-electron chi connectivity index (χ4n) is 1.81. The summed E-state index contributed by atoms with van der Waals surface area (Å²) in [4.78, 5) is 0. The molecule has 0 fully saturated rings. The van der Waals surface area contributed by atoms with Gasteiger partial charge < -0.3 is 4.74 Å². The van der Waals surface area contributed by atoms with Crippen LogP contribution in [0.3, 0.4) is 0 Å². The Bertz CT molecular complexity index is 477. The molecule has 1 aromatic carbocycles. The fraction of sp³-hybridized carbons (Fsp3) is 0.357. The van der Waals surface area contributed by atoms with E-state index in [0.717, 1.165) is 23.6 Å². The summed E-state index contributed by atoms with van der Waals surface area (Å²) in [6.07, 6.45) is 5.41. The van der Waals surface area contributed by atoms with Crippen LogP contribution in [0.15, 0.2) is 36.5 Å². The van der Waals surface area contributed by atoms with Crippen molar-refractivity contribution in [1.29, 1.82) is 0 Å². The SMILES string of the molecule is CCCCc1ccn(-c2ccccc2OC)n1. The van der Waals surface area contributed by atoms with Gasteiger partial charge in [-0.05, 0) is 31.0 Å². The molecular weight excluding hydrogens is 212 g/mol. The van der Waals surface area contributed by atoms with E-state index in [-0.39, 0.29) is 0 Å². The third kappa shape index (κ3) is 2.67. The molecule has 0 N–H and O–H groups in total. The number of unbranched alkanes of at least 4 members (excludes halogenated alkanes) is 1. The van der Waals surface area contributed by atoms with Crippen LogP contribution in [0.4, 0.5) is 0 Å². The van der Waals surface area contributed by atoms with Crippen molar-refractivity contribution in [2.75, 3.05) is 7.11 Å². The van der Waals surface area contributed by atoms with Crippen molar-refractivity contribution in [3.05, 3.63) is 42.2 Å². The maximum Gasteiger partial charge on any atom is 0.144 e. The van der Waals surface area contributed by atoms with Crippen molar-refractivity contribution in [2.45, 2.75) is 26.2 Å². The second-order valence-corrected chi connectivity index (χ2v) is 4.03. The number of aryl methyl sites for hydroxylation is 1. The molecule has 0 aliphatic rings. The maximum atomic E-state index is 5.33. The molecule has 3 heteroatoms. The van der Waals surface area contributed by atoms with Crippen LogP contribution in [0.5, 0.6) is 5.75 Å². The first-order chi connectivity index (χ1) is 8.35. The van der Waals surface area contributed by atoms with E-state index in [9.17, 15) is 0 Å². The van der Waals surface area contributed by atoms with Crippen molar-refractivity contribution in [2.24, 2.45) is 0 Å². The van der Waals surface area contributed by atoms with Crippen LogP contribution < -0.4 is 4.74 Å². The Balaban J connectivity index is 2.24. The lowest BCUT2D eigenvalue weighted by Crippen LogP contribution is -1.99. The highest BCUT2D eigenvalue weighted by atomic mass is 16.5. The monoisotopic (exact) mass is 230 g/mol. The smallest absolute Gasteiger partial charge is 0.144 e. The van der Waals surface area contributed by atoms with Crippen molar-refractivity contribution >= 4 is 0 Å². The minimum Gasteiger partial charge on any atom is -0.494 e. The largest absolute Gasteiger partial charge is 0.494 e. The van der Waals surface area contributed by atoms with Crippen molar-refractivity contribution in [3.63, 3.8) is 0 Å². The first-order valence-corrected chi connectivity index (χ1v) is 6.03. The predicted octanol–water partition coefficient (Wildman–Crippen LogP) is 3.22. The van der Waals surface area contributed by atoms with Crippen LogP contribution in [0, 0.1) is 0 Å². The van der Waals surface area contributed by atoms with Crippen LogP contribution >= 0.6 is 0 Å². The Morgan fingerprint density at radius 1 is 1.24 bits per heavy atom. The number of rotatable bonds is 5. The number of para-hydroxylation sites is 2. The zero-order valence-corrected chi connectivity index (χ0v) is 10.4. The number of ether oxygens (including phenoxy) is 1.